The van der Waals surface area contributed by atoms with Crippen LogP contribution in [0.15, 0.2) is 60.9 Å². The molecule has 35 heavy (non-hydrogen) atoms. The summed E-state index contributed by atoms with van der Waals surface area (Å²) in [5, 5.41) is 12.9. The molecule has 1 aliphatic heterocycles. The van der Waals surface area contributed by atoms with Crippen molar-refractivity contribution in [3.8, 4) is 11.5 Å². The number of aryl methyl sites for hydroxylation is 1. The lowest BCUT2D eigenvalue weighted by molar-refractivity contribution is 0.0696. The van der Waals surface area contributed by atoms with E-state index in [1.807, 2.05) is 49.4 Å². The van der Waals surface area contributed by atoms with Crippen molar-refractivity contribution in [1.82, 2.24) is 19.7 Å². The molecule has 0 fully saturated rings. The molecule has 3 heterocycles. The molecule has 0 spiro atoms. The molecule has 1 unspecified atom stereocenters. The summed E-state index contributed by atoms with van der Waals surface area (Å²) in [6, 6.07) is 14.1. The van der Waals surface area contributed by atoms with E-state index < -0.39 is 5.97 Å². The van der Waals surface area contributed by atoms with Crippen LogP contribution >= 0.6 is 0 Å². The van der Waals surface area contributed by atoms with Gasteiger partial charge in [0, 0.05) is 18.9 Å². The summed E-state index contributed by atoms with van der Waals surface area (Å²) in [6.45, 7) is 3.18. The van der Waals surface area contributed by atoms with Gasteiger partial charge in [0.05, 0.1) is 30.1 Å². The minimum absolute atomic E-state index is 0.0450. The molecule has 0 saturated heterocycles. The van der Waals surface area contributed by atoms with Crippen LogP contribution in [-0.2, 0) is 13.0 Å². The molecular weight excluding hydrogens is 444 g/mol. The second-order valence-corrected chi connectivity index (χ2v) is 8.42. The number of nitrogens with zero attached hydrogens (tertiary/aromatic N) is 3. The molecule has 0 aliphatic carbocycles. The lowest BCUT2D eigenvalue weighted by Crippen LogP contribution is -2.28. The van der Waals surface area contributed by atoms with Crippen molar-refractivity contribution >= 4 is 17.8 Å². The van der Waals surface area contributed by atoms with E-state index in [-0.39, 0.29) is 11.6 Å². The highest BCUT2D eigenvalue weighted by atomic mass is 16.5. The Hall–Kier alpha value is -4.17. The third kappa shape index (κ3) is 4.61. The first-order valence-electron chi connectivity index (χ1n) is 11.4. The fourth-order valence-corrected chi connectivity index (χ4v) is 4.34. The topological polar surface area (TPSA) is 98.0 Å². The number of rotatable bonds is 7. The van der Waals surface area contributed by atoms with E-state index in [1.54, 1.807) is 17.7 Å². The van der Waals surface area contributed by atoms with Crippen molar-refractivity contribution < 1.29 is 19.4 Å². The molecule has 2 aromatic heterocycles. The van der Waals surface area contributed by atoms with Crippen molar-refractivity contribution in [2.75, 3.05) is 13.7 Å². The van der Waals surface area contributed by atoms with Crippen LogP contribution in [0.3, 0.4) is 0 Å². The molecule has 2 N–H and O–H groups in total. The highest BCUT2D eigenvalue weighted by Gasteiger charge is 2.21. The van der Waals surface area contributed by atoms with Crippen LogP contribution in [-0.4, -0.2) is 39.1 Å². The van der Waals surface area contributed by atoms with Gasteiger partial charge in [-0.3, -0.25) is 4.40 Å². The zero-order chi connectivity index (χ0) is 24.4. The van der Waals surface area contributed by atoms with E-state index >= 15 is 0 Å². The number of carboxylic acids is 1. The number of hydrogen-bond donors (Lipinski definition) is 2. The van der Waals surface area contributed by atoms with Gasteiger partial charge in [0.1, 0.15) is 6.61 Å². The summed E-state index contributed by atoms with van der Waals surface area (Å²) in [6.07, 6.45) is 7.77. The second kappa shape index (κ2) is 9.60. The van der Waals surface area contributed by atoms with Crippen molar-refractivity contribution in [3.05, 3.63) is 94.6 Å². The number of aromatic nitrogens is 3. The molecule has 8 nitrogen and oxygen atoms in total. The first-order valence-corrected chi connectivity index (χ1v) is 11.4. The van der Waals surface area contributed by atoms with Crippen molar-refractivity contribution in [3.63, 3.8) is 0 Å². The molecule has 0 amide bonds. The van der Waals surface area contributed by atoms with Crippen molar-refractivity contribution in [2.45, 2.75) is 26.0 Å². The normalized spacial score (nSPS) is 15.3. The molecule has 8 heteroatoms. The quantitative estimate of drug-likeness (QED) is 0.417. The van der Waals surface area contributed by atoms with Crippen molar-refractivity contribution in [2.24, 2.45) is 0 Å². The highest BCUT2D eigenvalue weighted by molar-refractivity contribution is 5.87. The summed E-state index contributed by atoms with van der Waals surface area (Å²) in [7, 11) is 1.65. The fraction of sp³-hybridized carbons (Fsp3) is 0.222. The predicted octanol–water partition coefficient (Wildman–Crippen LogP) is 4.22. The maximum atomic E-state index is 11.4. The standard InChI is InChI=1S/C27H26N4O4/c1-17-23(31-15-20(26(32)33)14-29-27(31)30-17)9-8-22-21-13-24(34-2)25(12-19(21)10-11-28-22)35-16-18-6-4-3-5-7-18/h3-9,12-15,22,28H,10-11,16H2,1-2H3,(H,32,33)/b9-8+. The largest absolute Gasteiger partial charge is 0.493 e. The van der Waals surface area contributed by atoms with Gasteiger partial charge in [0.15, 0.2) is 11.5 Å². The fourth-order valence-electron chi connectivity index (χ4n) is 4.34. The van der Waals surface area contributed by atoms with Gasteiger partial charge in [0.25, 0.3) is 0 Å². The number of ether oxygens (including phenoxy) is 2. The Balaban J connectivity index is 1.44. The summed E-state index contributed by atoms with van der Waals surface area (Å²) in [5.41, 5.74) is 5.09. The lowest BCUT2D eigenvalue weighted by atomic mass is 9.93. The first kappa shape index (κ1) is 22.6. The van der Waals surface area contributed by atoms with Gasteiger partial charge in [-0.2, -0.15) is 0 Å². The van der Waals surface area contributed by atoms with E-state index in [9.17, 15) is 9.90 Å². The predicted molar refractivity (Wildman–Crippen MR) is 132 cm³/mol. The number of carbonyl (C=O) groups is 1. The molecule has 0 radical (unpaired) electrons. The van der Waals surface area contributed by atoms with Crippen LogP contribution < -0.4 is 14.8 Å². The number of carboxylic acid groups (broad SMARTS) is 1. The number of hydrogen-bond acceptors (Lipinski definition) is 6. The summed E-state index contributed by atoms with van der Waals surface area (Å²) < 4.78 is 13.5. The van der Waals surface area contributed by atoms with E-state index in [0.717, 1.165) is 41.2 Å². The third-order valence-corrected chi connectivity index (χ3v) is 6.15. The maximum Gasteiger partial charge on any atom is 0.338 e. The summed E-state index contributed by atoms with van der Waals surface area (Å²) >= 11 is 0. The van der Waals surface area contributed by atoms with Crippen LogP contribution in [0.4, 0.5) is 0 Å². The summed E-state index contributed by atoms with van der Waals surface area (Å²) in [4.78, 5) is 20.0. The van der Waals surface area contributed by atoms with Gasteiger partial charge in [-0.1, -0.05) is 36.4 Å². The molecular formula is C27H26N4O4. The van der Waals surface area contributed by atoms with Gasteiger partial charge in [0.2, 0.25) is 5.78 Å². The average Bonchev–Trinajstić information content (AvgIpc) is 3.20. The molecule has 2 aromatic carbocycles. The monoisotopic (exact) mass is 470 g/mol. The Kier molecular flexibility index (Phi) is 6.20. The molecule has 1 atom stereocenters. The Bertz CT molecular complexity index is 1410. The Morgan fingerprint density at radius 2 is 2.09 bits per heavy atom. The molecule has 4 aromatic rings. The van der Waals surface area contributed by atoms with Gasteiger partial charge in [-0.05, 0) is 48.2 Å². The zero-order valence-corrected chi connectivity index (χ0v) is 19.6. The second-order valence-electron chi connectivity index (χ2n) is 8.42. The number of fused-ring (bicyclic) bond motifs is 2. The average molecular weight is 471 g/mol. The minimum Gasteiger partial charge on any atom is -0.493 e. The van der Waals surface area contributed by atoms with Gasteiger partial charge < -0.3 is 19.9 Å². The van der Waals surface area contributed by atoms with E-state index in [2.05, 4.69) is 27.4 Å². The van der Waals surface area contributed by atoms with E-state index in [1.165, 1.54) is 11.8 Å². The van der Waals surface area contributed by atoms with Gasteiger partial charge >= 0.3 is 5.97 Å². The smallest absolute Gasteiger partial charge is 0.338 e. The van der Waals surface area contributed by atoms with E-state index in [0.29, 0.717) is 18.1 Å². The third-order valence-electron chi connectivity index (χ3n) is 6.15. The summed E-state index contributed by atoms with van der Waals surface area (Å²) in [5.74, 6) is 0.847. The Morgan fingerprint density at radius 3 is 2.86 bits per heavy atom. The minimum atomic E-state index is -1.03. The molecule has 5 rings (SSSR count). The Morgan fingerprint density at radius 1 is 1.26 bits per heavy atom. The first-order chi connectivity index (χ1) is 17.0. The molecule has 178 valence electrons. The SMILES string of the molecule is COc1cc2c(cc1OCc1ccccc1)CCNC2/C=C/c1c(C)nc2ncc(C(=O)O)cn12. The van der Waals surface area contributed by atoms with Crippen LogP contribution in [0, 0.1) is 6.92 Å². The van der Waals surface area contributed by atoms with Crippen LogP contribution in [0.1, 0.15) is 44.5 Å². The number of nitrogens with one attached hydrogen (secondary N) is 1. The molecule has 0 bridgehead atoms. The molecule has 0 saturated carbocycles. The Labute approximate surface area is 202 Å². The number of benzene rings is 2. The van der Waals surface area contributed by atoms with Crippen molar-refractivity contribution in [1.29, 1.82) is 0 Å². The number of aromatic carboxylic acids is 1. The zero-order valence-electron chi connectivity index (χ0n) is 19.6. The van der Waals surface area contributed by atoms with E-state index in [4.69, 9.17) is 9.47 Å². The molecule has 1 aliphatic rings. The highest BCUT2D eigenvalue weighted by Crippen LogP contribution is 2.36. The number of methoxy groups -OCH3 is 1. The van der Waals surface area contributed by atoms with Gasteiger partial charge in [-0.25, -0.2) is 14.8 Å². The van der Waals surface area contributed by atoms with Crippen LogP contribution in [0.5, 0.6) is 11.5 Å². The van der Waals surface area contributed by atoms with Gasteiger partial charge in [-0.15, -0.1) is 0 Å². The maximum absolute atomic E-state index is 11.4. The lowest BCUT2D eigenvalue weighted by Gasteiger charge is -2.26. The van der Waals surface area contributed by atoms with Crippen LogP contribution in [0.2, 0.25) is 0 Å². The van der Waals surface area contributed by atoms with Crippen LogP contribution in [0.25, 0.3) is 11.9 Å². The number of imidazole rings is 1.